The molecule has 8 nitrogen and oxygen atoms in total. The van der Waals surface area contributed by atoms with Gasteiger partial charge in [-0.2, -0.15) is 0 Å². The van der Waals surface area contributed by atoms with Gasteiger partial charge in [0, 0.05) is 23.5 Å². The maximum Gasteiger partial charge on any atom is 0.335 e. The molecule has 0 unspecified atom stereocenters. The van der Waals surface area contributed by atoms with E-state index < -0.39 is 18.2 Å². The molecule has 200 valence electrons. The molecule has 5 rings (SSSR count). The van der Waals surface area contributed by atoms with E-state index in [0.29, 0.717) is 22.6 Å². The SMILES string of the molecule is O=C(O)c1ccc(OC[C@@H]2C[C@H](F)CN2C(=O)Cc2ccc(NC(=O)c3c[nH]c4ccccc34)c(Cl)c2)cc1. The Kier molecular flexibility index (Phi) is 7.51. The number of amides is 2. The molecule has 1 fully saturated rings. The maximum absolute atomic E-state index is 14.3. The summed E-state index contributed by atoms with van der Waals surface area (Å²) in [5, 5.41) is 12.9. The molecule has 1 aliphatic heterocycles. The van der Waals surface area contributed by atoms with E-state index >= 15 is 0 Å². The van der Waals surface area contributed by atoms with E-state index in [0.717, 1.165) is 10.9 Å². The molecule has 2 heterocycles. The van der Waals surface area contributed by atoms with Crippen molar-refractivity contribution in [3.63, 3.8) is 0 Å². The van der Waals surface area contributed by atoms with E-state index in [9.17, 15) is 18.8 Å². The molecule has 4 aromatic rings. The second-order valence-electron chi connectivity index (χ2n) is 9.37. The number of aromatic carboxylic acids is 1. The number of ether oxygens (including phenoxy) is 1. The molecular weight excluding hydrogens is 525 g/mol. The van der Waals surface area contributed by atoms with Crippen LogP contribution in [0, 0.1) is 0 Å². The second kappa shape index (κ2) is 11.2. The van der Waals surface area contributed by atoms with Crippen molar-refractivity contribution in [2.24, 2.45) is 0 Å². The number of fused-ring (bicyclic) bond motifs is 1. The van der Waals surface area contributed by atoms with Gasteiger partial charge in [0.25, 0.3) is 5.91 Å². The van der Waals surface area contributed by atoms with Gasteiger partial charge in [0.05, 0.1) is 40.8 Å². The van der Waals surface area contributed by atoms with Gasteiger partial charge in [-0.05, 0) is 48.0 Å². The number of anilines is 1. The first kappa shape index (κ1) is 26.2. The van der Waals surface area contributed by atoms with Crippen LogP contribution in [-0.4, -0.2) is 58.1 Å². The lowest BCUT2D eigenvalue weighted by molar-refractivity contribution is -0.132. The van der Waals surface area contributed by atoms with Gasteiger partial charge in [-0.1, -0.05) is 35.9 Å². The fraction of sp³-hybridized carbons (Fsp3) is 0.207. The summed E-state index contributed by atoms with van der Waals surface area (Å²) in [6.07, 6.45) is 0.633. The topological polar surface area (TPSA) is 112 Å². The van der Waals surface area contributed by atoms with Crippen molar-refractivity contribution in [2.45, 2.75) is 25.1 Å². The molecular formula is C29H25ClFN3O5. The Balaban J connectivity index is 1.21. The van der Waals surface area contributed by atoms with Gasteiger partial charge in [0.1, 0.15) is 18.5 Å². The van der Waals surface area contributed by atoms with E-state index in [2.05, 4.69) is 10.3 Å². The van der Waals surface area contributed by atoms with Crippen LogP contribution >= 0.6 is 11.6 Å². The van der Waals surface area contributed by atoms with E-state index in [4.69, 9.17) is 21.4 Å². The van der Waals surface area contributed by atoms with Gasteiger partial charge < -0.3 is 25.0 Å². The highest BCUT2D eigenvalue weighted by molar-refractivity contribution is 6.34. The van der Waals surface area contributed by atoms with E-state index in [1.807, 2.05) is 24.3 Å². The number of hydrogen-bond acceptors (Lipinski definition) is 4. The lowest BCUT2D eigenvalue weighted by Crippen LogP contribution is -2.40. The average molecular weight is 550 g/mol. The number of carbonyl (C=O) groups excluding carboxylic acids is 2. The van der Waals surface area contributed by atoms with Crippen molar-refractivity contribution in [1.29, 1.82) is 0 Å². The number of carboxylic acid groups (broad SMARTS) is 1. The van der Waals surface area contributed by atoms with Crippen molar-refractivity contribution >= 4 is 46.0 Å². The molecule has 39 heavy (non-hydrogen) atoms. The number of carbonyl (C=O) groups is 3. The van der Waals surface area contributed by atoms with E-state index in [1.165, 1.54) is 29.2 Å². The highest BCUT2D eigenvalue weighted by atomic mass is 35.5. The third-order valence-corrected chi connectivity index (χ3v) is 7.01. The van der Waals surface area contributed by atoms with Gasteiger partial charge in [-0.25, -0.2) is 9.18 Å². The van der Waals surface area contributed by atoms with Crippen LogP contribution in [0.1, 0.15) is 32.7 Å². The normalized spacial score (nSPS) is 16.8. The maximum atomic E-state index is 14.3. The molecule has 10 heteroatoms. The second-order valence-corrected chi connectivity index (χ2v) is 9.77. The number of rotatable bonds is 8. The predicted molar refractivity (Wildman–Crippen MR) is 145 cm³/mol. The Morgan fingerprint density at radius 3 is 2.62 bits per heavy atom. The average Bonchev–Trinajstić information content (AvgIpc) is 3.52. The highest BCUT2D eigenvalue weighted by Crippen LogP contribution is 2.27. The number of nitrogens with zero attached hydrogens (tertiary/aromatic N) is 1. The van der Waals surface area contributed by atoms with Crippen LogP contribution in [0.15, 0.2) is 72.9 Å². The van der Waals surface area contributed by atoms with Crippen LogP contribution in [0.4, 0.5) is 10.1 Å². The lowest BCUT2D eigenvalue weighted by Gasteiger charge is -2.24. The van der Waals surface area contributed by atoms with Crippen molar-refractivity contribution in [2.75, 3.05) is 18.5 Å². The number of halogens is 2. The predicted octanol–water partition coefficient (Wildman–Crippen LogP) is 5.33. The zero-order valence-corrected chi connectivity index (χ0v) is 21.5. The zero-order chi connectivity index (χ0) is 27.5. The molecule has 0 radical (unpaired) electrons. The highest BCUT2D eigenvalue weighted by Gasteiger charge is 2.35. The zero-order valence-electron chi connectivity index (χ0n) is 20.7. The quantitative estimate of drug-likeness (QED) is 0.275. The summed E-state index contributed by atoms with van der Waals surface area (Å²) >= 11 is 6.43. The first-order valence-corrected chi connectivity index (χ1v) is 12.7. The van der Waals surface area contributed by atoms with Crippen LogP contribution in [0.5, 0.6) is 5.75 Å². The molecule has 0 aliphatic carbocycles. The Labute approximate surface area is 228 Å². The minimum atomic E-state index is -1.16. The summed E-state index contributed by atoms with van der Waals surface area (Å²) < 4.78 is 20.0. The van der Waals surface area contributed by atoms with Crippen LogP contribution in [-0.2, 0) is 11.2 Å². The summed E-state index contributed by atoms with van der Waals surface area (Å²) in [7, 11) is 0. The van der Waals surface area contributed by atoms with Crippen LogP contribution in [0.3, 0.4) is 0 Å². The lowest BCUT2D eigenvalue weighted by atomic mass is 10.1. The van der Waals surface area contributed by atoms with Gasteiger partial charge >= 0.3 is 5.97 Å². The molecule has 3 N–H and O–H groups in total. The molecule has 1 aromatic heterocycles. The molecule has 3 aromatic carbocycles. The van der Waals surface area contributed by atoms with E-state index in [1.54, 1.807) is 24.4 Å². The molecule has 2 amide bonds. The third kappa shape index (κ3) is 5.88. The molecule has 1 aliphatic rings. The smallest absolute Gasteiger partial charge is 0.335 e. The Morgan fingerprint density at radius 1 is 1.10 bits per heavy atom. The van der Waals surface area contributed by atoms with Crippen molar-refractivity contribution in [1.82, 2.24) is 9.88 Å². The number of para-hydroxylation sites is 1. The summed E-state index contributed by atoms with van der Waals surface area (Å²) in [5.74, 6) is -1.19. The third-order valence-electron chi connectivity index (χ3n) is 6.70. The van der Waals surface area contributed by atoms with Crippen LogP contribution in [0.25, 0.3) is 10.9 Å². The Morgan fingerprint density at radius 2 is 1.87 bits per heavy atom. The largest absolute Gasteiger partial charge is 0.491 e. The fourth-order valence-corrected chi connectivity index (χ4v) is 4.95. The van der Waals surface area contributed by atoms with Gasteiger partial charge in [0.15, 0.2) is 0 Å². The number of alkyl halides is 1. The van der Waals surface area contributed by atoms with Gasteiger partial charge in [-0.3, -0.25) is 9.59 Å². The molecule has 0 saturated carbocycles. The van der Waals surface area contributed by atoms with E-state index in [-0.39, 0.29) is 48.4 Å². The van der Waals surface area contributed by atoms with Crippen LogP contribution in [0.2, 0.25) is 5.02 Å². The minimum Gasteiger partial charge on any atom is -0.491 e. The first-order valence-electron chi connectivity index (χ1n) is 12.3. The number of aromatic amines is 1. The summed E-state index contributed by atoms with van der Waals surface area (Å²) in [5.41, 5.74) is 2.50. The molecule has 1 saturated heterocycles. The van der Waals surface area contributed by atoms with Crippen LogP contribution < -0.4 is 10.1 Å². The van der Waals surface area contributed by atoms with Crippen molar-refractivity contribution < 1.29 is 28.6 Å². The summed E-state index contributed by atoms with van der Waals surface area (Å²) in [6, 6.07) is 17.9. The molecule has 0 spiro atoms. The fourth-order valence-electron chi connectivity index (χ4n) is 4.70. The van der Waals surface area contributed by atoms with Crippen molar-refractivity contribution in [3.05, 3.63) is 94.6 Å². The summed E-state index contributed by atoms with van der Waals surface area (Å²) in [6.45, 7) is 0.0510. The van der Waals surface area contributed by atoms with Crippen molar-refractivity contribution in [3.8, 4) is 5.75 Å². The number of H-pyrrole nitrogens is 1. The molecule has 0 bridgehead atoms. The first-order chi connectivity index (χ1) is 18.8. The van der Waals surface area contributed by atoms with Gasteiger partial charge in [0.2, 0.25) is 5.91 Å². The molecule has 2 atom stereocenters. The number of carboxylic acids is 1. The standard InChI is InChI=1S/C29H25ClFN3O5/c30-24-11-17(5-10-26(24)33-28(36)23-14-32-25-4-2-1-3-22(23)25)12-27(35)34-15-19(31)13-20(34)16-39-21-8-6-18(7-9-21)29(37)38/h1-11,14,19-20,32H,12-13,15-16H2,(H,33,36)(H,37,38)/t19-,20-/m0/s1. The number of hydrogen-bond donors (Lipinski definition) is 3. The number of benzene rings is 3. The number of likely N-dealkylation sites (tertiary alicyclic amines) is 1. The monoisotopic (exact) mass is 549 g/mol. The summed E-state index contributed by atoms with van der Waals surface area (Å²) in [4.78, 5) is 41.5. The Hall–Kier alpha value is -4.37. The van der Waals surface area contributed by atoms with Gasteiger partial charge in [-0.15, -0.1) is 0 Å². The minimum absolute atomic E-state index is 0.00687. The number of aromatic nitrogens is 1. The Bertz CT molecular complexity index is 1540. The number of nitrogens with one attached hydrogen (secondary N) is 2.